The van der Waals surface area contributed by atoms with E-state index in [-0.39, 0.29) is 12.4 Å². The van der Waals surface area contributed by atoms with E-state index < -0.39 is 54.4 Å². The summed E-state index contributed by atoms with van der Waals surface area (Å²) in [4.78, 5) is 52.3. The molecule has 2 heterocycles. The lowest BCUT2D eigenvalue weighted by molar-refractivity contribution is -0.241. The van der Waals surface area contributed by atoms with Gasteiger partial charge in [0, 0.05) is 38.8 Å². The highest BCUT2D eigenvalue weighted by atomic mass is 16.7. The lowest BCUT2D eigenvalue weighted by atomic mass is 9.92. The number of amidine groups is 1. The van der Waals surface area contributed by atoms with Crippen LogP contribution < -0.4 is 5.32 Å². The number of aliphatic imine (C=N–C) groups is 1. The van der Waals surface area contributed by atoms with Gasteiger partial charge in [-0.15, -0.1) is 0 Å². The van der Waals surface area contributed by atoms with Crippen molar-refractivity contribution < 1.29 is 42.9 Å². The Bertz CT molecular complexity index is 1240. The van der Waals surface area contributed by atoms with Gasteiger partial charge in [0.1, 0.15) is 18.5 Å². The second-order valence-corrected chi connectivity index (χ2v) is 8.42. The minimum atomic E-state index is -1.27. The summed E-state index contributed by atoms with van der Waals surface area (Å²) in [5.41, 5.74) is 1.41. The zero-order valence-corrected chi connectivity index (χ0v) is 20.2. The van der Waals surface area contributed by atoms with Gasteiger partial charge < -0.3 is 29.0 Å². The molecule has 2 aromatic carbocycles. The van der Waals surface area contributed by atoms with Crippen LogP contribution >= 0.6 is 0 Å². The molecule has 2 aliphatic heterocycles. The van der Waals surface area contributed by atoms with Crippen molar-refractivity contribution in [1.82, 2.24) is 0 Å². The second-order valence-electron chi connectivity index (χ2n) is 8.42. The van der Waals surface area contributed by atoms with Gasteiger partial charge in [0.25, 0.3) is 0 Å². The van der Waals surface area contributed by atoms with Crippen molar-refractivity contribution in [3.8, 4) is 0 Å². The normalized spacial score (nSPS) is 24.7. The molecule has 11 nitrogen and oxygen atoms in total. The minimum Gasteiger partial charge on any atom is -0.463 e. The number of carbonyl (C=O) groups is 4. The predicted octanol–water partition coefficient (Wildman–Crippen LogP) is 2.42. The molecule has 11 heteroatoms. The van der Waals surface area contributed by atoms with E-state index in [1.54, 1.807) is 0 Å². The third-order valence-electron chi connectivity index (χ3n) is 5.65. The largest absolute Gasteiger partial charge is 0.463 e. The van der Waals surface area contributed by atoms with Crippen molar-refractivity contribution in [3.05, 3.63) is 36.4 Å². The molecule has 0 bridgehead atoms. The summed E-state index contributed by atoms with van der Waals surface area (Å²) in [5, 5.41) is 5.10. The molecule has 0 radical (unpaired) electrons. The van der Waals surface area contributed by atoms with E-state index in [1.165, 1.54) is 27.7 Å². The van der Waals surface area contributed by atoms with E-state index in [0.717, 1.165) is 16.5 Å². The molecular formula is C25H26N2O9. The van der Waals surface area contributed by atoms with Gasteiger partial charge in [-0.25, -0.2) is 4.99 Å². The van der Waals surface area contributed by atoms with E-state index in [1.807, 2.05) is 36.4 Å². The summed E-state index contributed by atoms with van der Waals surface area (Å²) >= 11 is 0. The highest BCUT2D eigenvalue weighted by Gasteiger charge is 2.54. The van der Waals surface area contributed by atoms with Crippen LogP contribution in [0.15, 0.2) is 41.4 Å². The number of esters is 4. The number of benzene rings is 2. The molecule has 2 aromatic rings. The molecule has 0 unspecified atom stereocenters. The van der Waals surface area contributed by atoms with Crippen molar-refractivity contribution >= 4 is 51.9 Å². The fraction of sp³-hybridized carbons (Fsp3) is 0.400. The summed E-state index contributed by atoms with van der Waals surface area (Å²) in [7, 11) is 0. The average molecular weight is 498 g/mol. The molecule has 0 aliphatic carbocycles. The molecule has 5 atom stereocenters. The summed E-state index contributed by atoms with van der Waals surface area (Å²) in [5.74, 6) is -2.38. The summed E-state index contributed by atoms with van der Waals surface area (Å²) in [6.45, 7) is 4.45. The van der Waals surface area contributed by atoms with Gasteiger partial charge in [0.15, 0.2) is 24.4 Å². The smallest absolute Gasteiger partial charge is 0.303 e. The topological polar surface area (TPSA) is 139 Å². The van der Waals surface area contributed by atoms with Crippen molar-refractivity contribution in [2.45, 2.75) is 58.2 Å². The Hall–Kier alpha value is -3.99. The first kappa shape index (κ1) is 25.1. The maximum Gasteiger partial charge on any atom is 0.303 e. The van der Waals surface area contributed by atoms with Crippen LogP contribution in [0, 0.1) is 0 Å². The van der Waals surface area contributed by atoms with Crippen molar-refractivity contribution in [3.63, 3.8) is 0 Å². The fourth-order valence-electron chi connectivity index (χ4n) is 4.40. The highest BCUT2D eigenvalue weighted by Crippen LogP contribution is 2.38. The molecule has 1 fully saturated rings. The van der Waals surface area contributed by atoms with Crippen molar-refractivity contribution in [1.29, 1.82) is 0 Å². The Balaban J connectivity index is 1.80. The number of hydrogen-bond donors (Lipinski definition) is 1. The van der Waals surface area contributed by atoms with Crippen LogP contribution in [0.3, 0.4) is 0 Å². The second kappa shape index (κ2) is 10.3. The number of ether oxygens (including phenoxy) is 5. The Morgan fingerprint density at radius 1 is 0.833 bits per heavy atom. The van der Waals surface area contributed by atoms with Gasteiger partial charge in [0.05, 0.1) is 5.69 Å². The molecule has 1 N–H and O–H groups in total. The molecule has 0 spiro atoms. The first-order valence-corrected chi connectivity index (χ1v) is 11.3. The number of rotatable bonds is 6. The molecule has 0 aromatic heterocycles. The van der Waals surface area contributed by atoms with Crippen LogP contribution in [-0.2, 0) is 42.9 Å². The molecular weight excluding hydrogens is 472 g/mol. The summed E-state index contributed by atoms with van der Waals surface area (Å²) in [6, 6.07) is 11.4. The van der Waals surface area contributed by atoms with Gasteiger partial charge in [-0.1, -0.05) is 24.3 Å². The lowest BCUT2D eigenvalue weighted by Gasteiger charge is -2.45. The summed E-state index contributed by atoms with van der Waals surface area (Å²) in [6.07, 6.45) is -5.89. The van der Waals surface area contributed by atoms with Crippen molar-refractivity contribution in [2.24, 2.45) is 4.99 Å². The van der Waals surface area contributed by atoms with Gasteiger partial charge >= 0.3 is 23.9 Å². The van der Waals surface area contributed by atoms with Crippen LogP contribution in [0.4, 0.5) is 11.4 Å². The monoisotopic (exact) mass is 498 g/mol. The molecule has 0 saturated carbocycles. The Morgan fingerprint density at radius 3 is 2.08 bits per heavy atom. The third-order valence-corrected chi connectivity index (χ3v) is 5.65. The zero-order chi connectivity index (χ0) is 26.0. The molecule has 36 heavy (non-hydrogen) atoms. The van der Waals surface area contributed by atoms with Gasteiger partial charge in [-0.3, -0.25) is 19.2 Å². The average Bonchev–Trinajstić information content (AvgIpc) is 2.80. The maximum absolute atomic E-state index is 12.1. The summed E-state index contributed by atoms with van der Waals surface area (Å²) < 4.78 is 27.8. The molecule has 4 rings (SSSR count). The van der Waals surface area contributed by atoms with Gasteiger partial charge in [0.2, 0.25) is 0 Å². The SMILES string of the molecule is CC(=O)OC[C@H]1O[C@@H](C2=Nc3cccc4cccc(c34)N2)[C@H](OC(C)=O)[C@@H](OC(C)=O)[C@H]1OC(C)=O. The van der Waals surface area contributed by atoms with Crippen LogP contribution in [0.25, 0.3) is 10.8 Å². The Kier molecular flexibility index (Phi) is 7.20. The highest BCUT2D eigenvalue weighted by molar-refractivity contribution is 6.15. The number of nitrogens with zero attached hydrogens (tertiary/aromatic N) is 1. The molecule has 0 amide bonds. The van der Waals surface area contributed by atoms with E-state index >= 15 is 0 Å². The van der Waals surface area contributed by atoms with Gasteiger partial charge in [-0.2, -0.15) is 0 Å². The first-order chi connectivity index (χ1) is 17.1. The minimum absolute atomic E-state index is 0.277. The van der Waals surface area contributed by atoms with Crippen LogP contribution in [0.1, 0.15) is 27.7 Å². The number of hydrogen-bond acceptors (Lipinski definition) is 11. The number of carbonyl (C=O) groups excluding carboxylic acids is 4. The van der Waals surface area contributed by atoms with E-state index in [0.29, 0.717) is 5.69 Å². The number of anilines is 1. The predicted molar refractivity (Wildman–Crippen MR) is 127 cm³/mol. The van der Waals surface area contributed by atoms with Crippen LogP contribution in [0.2, 0.25) is 0 Å². The third kappa shape index (κ3) is 5.30. The van der Waals surface area contributed by atoms with Gasteiger partial charge in [-0.05, 0) is 17.5 Å². The van der Waals surface area contributed by atoms with E-state index in [2.05, 4.69) is 5.32 Å². The van der Waals surface area contributed by atoms with E-state index in [9.17, 15) is 19.2 Å². The lowest BCUT2D eigenvalue weighted by Crippen LogP contribution is -2.64. The first-order valence-electron chi connectivity index (χ1n) is 11.3. The number of nitrogens with one attached hydrogen (secondary N) is 1. The van der Waals surface area contributed by atoms with Crippen molar-refractivity contribution in [2.75, 3.05) is 11.9 Å². The quantitative estimate of drug-likeness (QED) is 0.467. The Labute approximate surface area is 206 Å². The van der Waals surface area contributed by atoms with E-state index in [4.69, 9.17) is 28.7 Å². The maximum atomic E-state index is 12.1. The fourth-order valence-corrected chi connectivity index (χ4v) is 4.40. The molecule has 190 valence electrons. The molecule has 1 saturated heterocycles. The molecule has 2 aliphatic rings. The Morgan fingerprint density at radius 2 is 1.44 bits per heavy atom. The van der Waals surface area contributed by atoms with Crippen LogP contribution in [0.5, 0.6) is 0 Å². The van der Waals surface area contributed by atoms with Crippen LogP contribution in [-0.4, -0.2) is 66.8 Å². The standard InChI is InChI=1S/C25H26N2O9/c1-12(28)32-11-19-21(33-13(2)29)22(34-14(3)30)23(35-15(4)31)24(36-19)25-26-17-9-5-7-16-8-6-10-18(27-25)20(16)17/h5-10,19,21-24H,11H2,1-4H3,(H,26,27)/t19-,21+,22+,23-,24-/m1/s1. The zero-order valence-electron chi connectivity index (χ0n) is 20.2.